The molecule has 2 aromatic rings. The van der Waals surface area contributed by atoms with Gasteiger partial charge in [0.1, 0.15) is 0 Å². The van der Waals surface area contributed by atoms with E-state index in [1.807, 2.05) is 42.5 Å². The second kappa shape index (κ2) is 11.3. The summed E-state index contributed by atoms with van der Waals surface area (Å²) in [4.78, 5) is 41.8. The van der Waals surface area contributed by atoms with Crippen LogP contribution in [0.4, 0.5) is 0 Å². The van der Waals surface area contributed by atoms with E-state index in [0.29, 0.717) is 11.5 Å². The maximum atomic E-state index is 12.5. The van der Waals surface area contributed by atoms with Crippen molar-refractivity contribution in [1.29, 1.82) is 0 Å². The van der Waals surface area contributed by atoms with Crippen molar-refractivity contribution in [3.8, 4) is 0 Å². The Bertz CT molecular complexity index is 890. The van der Waals surface area contributed by atoms with Crippen LogP contribution in [0, 0.1) is 0 Å². The highest BCUT2D eigenvalue weighted by atomic mass is 79.9. The molecular formula is C23H24BrNO4S. The van der Waals surface area contributed by atoms with Crippen molar-refractivity contribution in [2.24, 2.45) is 0 Å². The Kier molecular flexibility index (Phi) is 8.51. The highest BCUT2D eigenvalue weighted by Crippen LogP contribution is 2.27. The fraction of sp³-hybridized carbons (Fsp3) is 0.348. The van der Waals surface area contributed by atoms with Crippen LogP contribution in [0.2, 0.25) is 0 Å². The number of halogens is 1. The molecular weight excluding hydrogens is 466 g/mol. The third kappa shape index (κ3) is 6.44. The molecule has 5 nitrogen and oxygen atoms in total. The van der Waals surface area contributed by atoms with Gasteiger partial charge in [0.2, 0.25) is 0 Å². The van der Waals surface area contributed by atoms with Gasteiger partial charge in [0.25, 0.3) is 11.8 Å². The quantitative estimate of drug-likeness (QED) is 0.356. The van der Waals surface area contributed by atoms with Crippen LogP contribution >= 0.6 is 27.7 Å². The van der Waals surface area contributed by atoms with Crippen LogP contribution in [0.1, 0.15) is 36.8 Å². The largest absolute Gasteiger partial charge is 0.333 e. The number of unbranched alkanes of at least 4 members (excludes halogenated alkanes) is 1. The summed E-state index contributed by atoms with van der Waals surface area (Å²) in [6.45, 7) is 0. The summed E-state index contributed by atoms with van der Waals surface area (Å²) in [7, 11) is 0. The molecule has 0 spiro atoms. The molecule has 0 bridgehead atoms. The lowest BCUT2D eigenvalue weighted by Crippen LogP contribution is -2.34. The second-order valence-corrected chi connectivity index (χ2v) is 9.25. The normalized spacial score (nSPS) is 16.2. The first-order chi connectivity index (χ1) is 14.5. The lowest BCUT2D eigenvalue weighted by atomic mass is 10.1. The zero-order valence-corrected chi connectivity index (χ0v) is 19.0. The van der Waals surface area contributed by atoms with E-state index in [4.69, 9.17) is 4.84 Å². The van der Waals surface area contributed by atoms with Gasteiger partial charge in [-0.25, -0.2) is 4.79 Å². The summed E-state index contributed by atoms with van der Waals surface area (Å²) in [6.07, 6.45) is 3.63. The number of carbonyl (C=O) groups is 3. The molecule has 1 fully saturated rings. The van der Waals surface area contributed by atoms with Gasteiger partial charge in [-0.15, -0.1) is 16.8 Å². The fourth-order valence-electron chi connectivity index (χ4n) is 3.20. The number of hydrogen-bond acceptors (Lipinski definition) is 5. The van der Waals surface area contributed by atoms with E-state index in [1.54, 1.807) is 0 Å². The molecule has 30 heavy (non-hydrogen) atoms. The van der Waals surface area contributed by atoms with E-state index >= 15 is 0 Å². The van der Waals surface area contributed by atoms with E-state index in [1.165, 1.54) is 17.3 Å². The first-order valence-electron chi connectivity index (χ1n) is 10.0. The Morgan fingerprint density at radius 2 is 1.77 bits per heavy atom. The lowest BCUT2D eigenvalue weighted by molar-refractivity contribution is -0.197. The molecule has 7 heteroatoms. The third-order valence-corrected chi connectivity index (χ3v) is 6.90. The Balaban J connectivity index is 1.38. The minimum atomic E-state index is -0.582. The first kappa shape index (κ1) is 22.6. The van der Waals surface area contributed by atoms with Gasteiger partial charge in [-0.1, -0.05) is 64.5 Å². The molecule has 0 N–H and O–H groups in total. The second-order valence-electron chi connectivity index (χ2n) is 7.09. The molecule has 0 aromatic heterocycles. The van der Waals surface area contributed by atoms with E-state index in [2.05, 4.69) is 28.1 Å². The SMILES string of the molecule is O=C(CCc1ccccc1Br)ON1C(=O)CC(SCCCCc2ccccc2)C1=O. The van der Waals surface area contributed by atoms with Crippen LogP contribution in [0.3, 0.4) is 0 Å². The van der Waals surface area contributed by atoms with E-state index in [9.17, 15) is 14.4 Å². The predicted octanol–water partition coefficient (Wildman–Crippen LogP) is 4.72. The molecule has 0 radical (unpaired) electrons. The molecule has 2 aromatic carbocycles. The van der Waals surface area contributed by atoms with Crippen LogP contribution in [0.15, 0.2) is 59.1 Å². The number of carbonyl (C=O) groups excluding carboxylic acids is 3. The summed E-state index contributed by atoms with van der Waals surface area (Å²) in [5.41, 5.74) is 2.27. The van der Waals surface area contributed by atoms with Crippen molar-refractivity contribution >= 4 is 45.5 Å². The van der Waals surface area contributed by atoms with Gasteiger partial charge < -0.3 is 4.84 Å². The molecule has 3 rings (SSSR count). The molecule has 0 aliphatic carbocycles. The first-order valence-corrected chi connectivity index (χ1v) is 11.9. The maximum Gasteiger partial charge on any atom is 0.333 e. The molecule has 0 saturated carbocycles. The average Bonchev–Trinajstić information content (AvgIpc) is 3.01. The molecule has 1 atom stereocenters. The highest BCUT2D eigenvalue weighted by molar-refractivity contribution is 9.10. The summed E-state index contributed by atoms with van der Waals surface area (Å²) in [5, 5.41) is 0.189. The molecule has 1 unspecified atom stereocenters. The summed E-state index contributed by atoms with van der Waals surface area (Å²) >= 11 is 4.90. The molecule has 1 aliphatic rings. The van der Waals surface area contributed by atoms with E-state index in [0.717, 1.165) is 35.1 Å². The zero-order chi connectivity index (χ0) is 21.3. The monoisotopic (exact) mass is 489 g/mol. The van der Waals surface area contributed by atoms with Crippen LogP contribution in [-0.4, -0.2) is 33.8 Å². The van der Waals surface area contributed by atoms with Gasteiger partial charge in [-0.3, -0.25) is 9.59 Å². The van der Waals surface area contributed by atoms with Gasteiger partial charge in [0.15, 0.2) is 0 Å². The van der Waals surface area contributed by atoms with Crippen molar-refractivity contribution in [3.05, 3.63) is 70.2 Å². The van der Waals surface area contributed by atoms with Crippen LogP contribution in [0.25, 0.3) is 0 Å². The van der Waals surface area contributed by atoms with Crippen molar-refractivity contribution in [2.45, 2.75) is 43.8 Å². The number of thioether (sulfide) groups is 1. The number of rotatable bonds is 10. The van der Waals surface area contributed by atoms with Crippen LogP contribution in [0.5, 0.6) is 0 Å². The molecule has 1 aliphatic heterocycles. The zero-order valence-electron chi connectivity index (χ0n) is 16.6. The van der Waals surface area contributed by atoms with Crippen molar-refractivity contribution in [3.63, 3.8) is 0 Å². The van der Waals surface area contributed by atoms with Gasteiger partial charge in [0.05, 0.1) is 18.1 Å². The molecule has 1 heterocycles. The van der Waals surface area contributed by atoms with E-state index in [-0.39, 0.29) is 12.8 Å². The highest BCUT2D eigenvalue weighted by Gasteiger charge is 2.41. The lowest BCUT2D eigenvalue weighted by Gasteiger charge is -2.14. The van der Waals surface area contributed by atoms with Gasteiger partial charge in [0, 0.05) is 4.47 Å². The Morgan fingerprint density at radius 1 is 1.03 bits per heavy atom. The number of aryl methyl sites for hydroxylation is 2. The van der Waals surface area contributed by atoms with Crippen LogP contribution < -0.4 is 0 Å². The maximum absolute atomic E-state index is 12.5. The number of amides is 2. The standard InChI is InChI=1S/C23H24BrNO4S/c24-19-12-5-4-11-18(19)13-14-22(27)29-25-21(26)16-20(23(25)28)30-15-7-6-10-17-8-2-1-3-9-17/h1-5,8-9,11-12,20H,6-7,10,13-16H2. The number of benzene rings is 2. The summed E-state index contributed by atoms with van der Waals surface area (Å²) in [6, 6.07) is 17.9. The average molecular weight is 490 g/mol. The number of hydrogen-bond donors (Lipinski definition) is 0. The van der Waals surface area contributed by atoms with Gasteiger partial charge in [-0.2, -0.15) is 0 Å². The minimum absolute atomic E-state index is 0.0830. The van der Waals surface area contributed by atoms with Crippen LogP contribution in [-0.2, 0) is 32.1 Å². The molecule has 2 amide bonds. The van der Waals surface area contributed by atoms with Gasteiger partial charge in [-0.05, 0) is 48.6 Å². The minimum Gasteiger partial charge on any atom is -0.330 e. The topological polar surface area (TPSA) is 63.7 Å². The van der Waals surface area contributed by atoms with E-state index < -0.39 is 23.0 Å². The summed E-state index contributed by atoms with van der Waals surface area (Å²) in [5.74, 6) is -0.667. The number of imide groups is 1. The van der Waals surface area contributed by atoms with Crippen molar-refractivity contribution in [1.82, 2.24) is 5.06 Å². The number of hydroxylamine groups is 2. The fourth-order valence-corrected chi connectivity index (χ4v) is 4.83. The van der Waals surface area contributed by atoms with Crippen molar-refractivity contribution in [2.75, 3.05) is 5.75 Å². The smallest absolute Gasteiger partial charge is 0.330 e. The Morgan fingerprint density at radius 3 is 2.53 bits per heavy atom. The summed E-state index contributed by atoms with van der Waals surface area (Å²) < 4.78 is 0.912. The Hall–Kier alpha value is -2.12. The Labute approximate surface area is 189 Å². The molecule has 1 saturated heterocycles. The van der Waals surface area contributed by atoms with Gasteiger partial charge >= 0.3 is 5.97 Å². The van der Waals surface area contributed by atoms with Crippen molar-refractivity contribution < 1.29 is 19.2 Å². The molecule has 158 valence electrons. The number of nitrogens with zero attached hydrogens (tertiary/aromatic N) is 1. The third-order valence-electron chi connectivity index (χ3n) is 4.83. The predicted molar refractivity (Wildman–Crippen MR) is 121 cm³/mol.